The molecule has 1 heterocycles. The lowest BCUT2D eigenvalue weighted by Crippen LogP contribution is -2.29. The number of para-hydroxylation sites is 1. The van der Waals surface area contributed by atoms with Crippen LogP contribution in [0.1, 0.15) is 61.2 Å². The molecule has 178 valence electrons. The van der Waals surface area contributed by atoms with Gasteiger partial charge in [-0.1, -0.05) is 48.5 Å². The summed E-state index contributed by atoms with van der Waals surface area (Å²) in [5, 5.41) is 0. The zero-order valence-corrected chi connectivity index (χ0v) is 20.2. The Balaban J connectivity index is 1.55. The number of ether oxygens (including phenoxy) is 2. The van der Waals surface area contributed by atoms with Gasteiger partial charge >= 0.3 is 5.97 Å². The van der Waals surface area contributed by atoms with Gasteiger partial charge < -0.3 is 14.0 Å². The minimum Gasteiger partial charge on any atom is -0.496 e. The number of rotatable bonds is 11. The predicted octanol–water partition coefficient (Wildman–Crippen LogP) is 5.61. The average molecular weight is 459 g/mol. The molecule has 2 aliphatic rings. The van der Waals surface area contributed by atoms with Gasteiger partial charge in [0, 0.05) is 24.7 Å². The van der Waals surface area contributed by atoms with E-state index < -0.39 is 0 Å². The van der Waals surface area contributed by atoms with Crippen molar-refractivity contribution in [1.82, 2.24) is 9.55 Å². The number of nitrogens with zero attached hydrogens (tertiary/aromatic N) is 2. The van der Waals surface area contributed by atoms with Crippen molar-refractivity contribution in [3.63, 3.8) is 0 Å². The highest BCUT2D eigenvalue weighted by atomic mass is 16.5. The van der Waals surface area contributed by atoms with Gasteiger partial charge in [0.05, 0.1) is 19.4 Å². The van der Waals surface area contributed by atoms with Crippen LogP contribution in [0.15, 0.2) is 60.8 Å². The van der Waals surface area contributed by atoms with Crippen molar-refractivity contribution in [3.05, 3.63) is 83.4 Å². The quantitative estimate of drug-likeness (QED) is 0.350. The molecule has 5 rings (SSSR count). The molecule has 2 saturated carbocycles. The van der Waals surface area contributed by atoms with Gasteiger partial charge in [0.15, 0.2) is 0 Å². The van der Waals surface area contributed by atoms with Gasteiger partial charge in [0.2, 0.25) is 0 Å². The molecule has 5 heteroatoms. The van der Waals surface area contributed by atoms with Gasteiger partial charge in [-0.25, -0.2) is 4.98 Å². The molecule has 2 fully saturated rings. The van der Waals surface area contributed by atoms with Crippen molar-refractivity contribution in [2.45, 2.75) is 51.5 Å². The Hall–Kier alpha value is -3.08. The zero-order valence-electron chi connectivity index (χ0n) is 20.2. The molecule has 0 N–H and O–H groups in total. The molecule has 0 spiro atoms. The van der Waals surface area contributed by atoms with Crippen LogP contribution in [0.25, 0.3) is 0 Å². The SMILES string of the molecule is CCOC(=O)C(c1nc(Cc2ccccc2OC)cn1Cc1ccccc1)C(C1CC1)C1CC1. The first-order valence-electron chi connectivity index (χ1n) is 12.6. The maximum atomic E-state index is 13.4. The Morgan fingerprint density at radius 3 is 2.35 bits per heavy atom. The van der Waals surface area contributed by atoms with E-state index in [1.54, 1.807) is 7.11 Å². The van der Waals surface area contributed by atoms with Crippen molar-refractivity contribution in [2.75, 3.05) is 13.7 Å². The van der Waals surface area contributed by atoms with Crippen LogP contribution >= 0.6 is 0 Å². The standard InChI is InChI=1S/C29H34N2O3/c1-3-34-29(32)27(26(21-13-14-21)22-15-16-22)28-30-24(17-23-11-7-8-12-25(23)33-2)19-31(28)18-20-9-5-4-6-10-20/h4-12,19,21-22,26-27H,3,13-18H2,1-2H3. The third kappa shape index (κ3) is 5.03. The van der Waals surface area contributed by atoms with E-state index in [-0.39, 0.29) is 11.9 Å². The van der Waals surface area contributed by atoms with Crippen LogP contribution in [0, 0.1) is 17.8 Å². The summed E-state index contributed by atoms with van der Waals surface area (Å²) in [6.45, 7) is 2.97. The largest absolute Gasteiger partial charge is 0.496 e. The Kier molecular flexibility index (Phi) is 6.70. The minimum absolute atomic E-state index is 0.116. The number of benzene rings is 2. The first-order valence-corrected chi connectivity index (χ1v) is 12.6. The van der Waals surface area contributed by atoms with E-state index in [1.165, 1.54) is 31.2 Å². The third-order valence-corrected chi connectivity index (χ3v) is 7.15. The number of aromatic nitrogens is 2. The van der Waals surface area contributed by atoms with Crippen LogP contribution in [0.5, 0.6) is 5.75 Å². The van der Waals surface area contributed by atoms with Crippen LogP contribution in [-0.2, 0) is 22.5 Å². The highest BCUT2D eigenvalue weighted by Crippen LogP contribution is 2.55. The van der Waals surface area contributed by atoms with E-state index in [9.17, 15) is 4.79 Å². The van der Waals surface area contributed by atoms with E-state index in [2.05, 4.69) is 41.1 Å². The summed E-state index contributed by atoms with van der Waals surface area (Å²) in [6.07, 6.45) is 7.63. The van der Waals surface area contributed by atoms with E-state index >= 15 is 0 Å². The van der Waals surface area contributed by atoms with Gasteiger partial charge in [0.25, 0.3) is 0 Å². The molecule has 0 bridgehead atoms. The van der Waals surface area contributed by atoms with Crippen LogP contribution in [0.4, 0.5) is 0 Å². The maximum absolute atomic E-state index is 13.4. The van der Waals surface area contributed by atoms with Crippen molar-refractivity contribution in [2.24, 2.45) is 17.8 Å². The fraction of sp³-hybridized carbons (Fsp3) is 0.448. The third-order valence-electron chi connectivity index (χ3n) is 7.15. The summed E-state index contributed by atoms with van der Waals surface area (Å²) in [7, 11) is 1.70. The summed E-state index contributed by atoms with van der Waals surface area (Å²) in [5.41, 5.74) is 3.24. The highest BCUT2D eigenvalue weighted by molar-refractivity contribution is 5.78. The summed E-state index contributed by atoms with van der Waals surface area (Å²) >= 11 is 0. The van der Waals surface area contributed by atoms with E-state index in [1.807, 2.05) is 31.2 Å². The first-order chi connectivity index (χ1) is 16.7. The highest BCUT2D eigenvalue weighted by Gasteiger charge is 2.50. The lowest BCUT2D eigenvalue weighted by Gasteiger charge is -2.26. The summed E-state index contributed by atoms with van der Waals surface area (Å²) < 4.78 is 13.4. The molecular formula is C29H34N2O3. The molecule has 0 amide bonds. The van der Waals surface area contributed by atoms with E-state index in [0.29, 0.717) is 37.3 Å². The Labute approximate surface area is 202 Å². The second kappa shape index (κ2) is 10.0. The van der Waals surface area contributed by atoms with Crippen molar-refractivity contribution >= 4 is 5.97 Å². The second-order valence-corrected chi connectivity index (χ2v) is 9.67. The number of esters is 1. The summed E-state index contributed by atoms with van der Waals surface area (Å²) in [5.74, 6) is 2.84. The number of carbonyl (C=O) groups excluding carboxylic acids is 1. The average Bonchev–Trinajstić information content (AvgIpc) is 3.78. The number of methoxy groups -OCH3 is 1. The number of imidazole rings is 1. The molecule has 5 nitrogen and oxygen atoms in total. The minimum atomic E-state index is -0.310. The number of carbonyl (C=O) groups is 1. The monoisotopic (exact) mass is 458 g/mol. The topological polar surface area (TPSA) is 53.4 Å². The molecule has 3 aromatic rings. The van der Waals surface area contributed by atoms with E-state index in [4.69, 9.17) is 14.5 Å². The van der Waals surface area contributed by atoms with Crippen LogP contribution in [-0.4, -0.2) is 29.2 Å². The lowest BCUT2D eigenvalue weighted by molar-refractivity contribution is -0.147. The molecule has 2 aromatic carbocycles. The zero-order chi connectivity index (χ0) is 23.5. The Morgan fingerprint density at radius 2 is 1.71 bits per heavy atom. The molecule has 2 aliphatic carbocycles. The number of hydrogen-bond acceptors (Lipinski definition) is 4. The Morgan fingerprint density at radius 1 is 1.03 bits per heavy atom. The molecule has 0 aliphatic heterocycles. The predicted molar refractivity (Wildman–Crippen MR) is 132 cm³/mol. The number of hydrogen-bond donors (Lipinski definition) is 0. The molecule has 1 atom stereocenters. The smallest absolute Gasteiger partial charge is 0.316 e. The molecule has 1 unspecified atom stereocenters. The summed E-state index contributed by atoms with van der Waals surface area (Å²) in [4.78, 5) is 18.6. The van der Waals surface area contributed by atoms with Crippen molar-refractivity contribution in [3.8, 4) is 5.75 Å². The summed E-state index contributed by atoms with van der Waals surface area (Å²) in [6, 6.07) is 18.5. The maximum Gasteiger partial charge on any atom is 0.316 e. The first kappa shape index (κ1) is 22.7. The van der Waals surface area contributed by atoms with Gasteiger partial charge in [-0.05, 0) is 62.0 Å². The van der Waals surface area contributed by atoms with Gasteiger partial charge in [-0.2, -0.15) is 0 Å². The van der Waals surface area contributed by atoms with E-state index in [0.717, 1.165) is 22.8 Å². The van der Waals surface area contributed by atoms with Crippen molar-refractivity contribution < 1.29 is 14.3 Å². The van der Waals surface area contributed by atoms with Crippen LogP contribution in [0.2, 0.25) is 0 Å². The Bertz CT molecular complexity index is 1100. The normalized spacial score (nSPS) is 16.4. The fourth-order valence-corrected chi connectivity index (χ4v) is 5.33. The van der Waals surface area contributed by atoms with Gasteiger partial charge in [0.1, 0.15) is 17.5 Å². The molecule has 0 saturated heterocycles. The molecule has 1 aromatic heterocycles. The van der Waals surface area contributed by atoms with Crippen molar-refractivity contribution in [1.29, 1.82) is 0 Å². The van der Waals surface area contributed by atoms with Gasteiger partial charge in [-0.3, -0.25) is 4.79 Å². The lowest BCUT2D eigenvalue weighted by atomic mass is 9.83. The van der Waals surface area contributed by atoms with Crippen LogP contribution in [0.3, 0.4) is 0 Å². The molecular weight excluding hydrogens is 424 g/mol. The van der Waals surface area contributed by atoms with Gasteiger partial charge in [-0.15, -0.1) is 0 Å². The fourth-order valence-electron chi connectivity index (χ4n) is 5.33. The second-order valence-electron chi connectivity index (χ2n) is 9.67. The van der Waals surface area contributed by atoms with Crippen LogP contribution < -0.4 is 4.74 Å². The molecule has 0 radical (unpaired) electrons. The molecule has 34 heavy (non-hydrogen) atoms.